The number of nitrogens with one attached hydrogen (secondary N) is 1. The normalized spacial score (nSPS) is 16.0. The largest absolute Gasteiger partial charge is 0.354 e. The number of hydrogen-bond acceptors (Lipinski definition) is 4. The quantitative estimate of drug-likeness (QED) is 0.796. The topological polar surface area (TPSA) is 63.2 Å². The molecule has 25 heavy (non-hydrogen) atoms. The molecule has 0 bridgehead atoms. The zero-order valence-electron chi connectivity index (χ0n) is 14.4. The van der Waals surface area contributed by atoms with Crippen LogP contribution in [-0.2, 0) is 14.6 Å². The van der Waals surface area contributed by atoms with Gasteiger partial charge in [-0.1, -0.05) is 32.0 Å². The van der Waals surface area contributed by atoms with Crippen molar-refractivity contribution in [1.82, 2.24) is 5.32 Å². The highest BCUT2D eigenvalue weighted by atomic mass is 32.2. The van der Waals surface area contributed by atoms with Crippen molar-refractivity contribution < 1.29 is 13.2 Å². The first-order chi connectivity index (χ1) is 11.9. The molecule has 1 N–H and O–H groups in total. The minimum atomic E-state index is -3.57. The molecule has 0 saturated heterocycles. The molecule has 1 atom stereocenters. The fraction of sp³-hybridized carbons (Fsp3) is 0.421. The first-order valence-corrected chi connectivity index (χ1v) is 11.0. The molecule has 3 rings (SSSR count). The average Bonchev–Trinajstić information content (AvgIpc) is 3.31. The number of carbonyl (C=O) groups excluding carboxylic acids is 1. The summed E-state index contributed by atoms with van der Waals surface area (Å²) in [5, 5.41) is 3.94. The van der Waals surface area contributed by atoms with E-state index in [0.717, 1.165) is 23.3 Å². The second kappa shape index (κ2) is 7.30. The van der Waals surface area contributed by atoms with Crippen molar-refractivity contribution in [3.05, 3.63) is 52.2 Å². The summed E-state index contributed by atoms with van der Waals surface area (Å²) in [5.74, 6) is 0.381. The van der Waals surface area contributed by atoms with Crippen molar-refractivity contribution in [3.63, 3.8) is 0 Å². The maximum atomic E-state index is 13.2. The first kappa shape index (κ1) is 18.1. The molecule has 1 fully saturated rings. The molecule has 1 heterocycles. The molecule has 0 aliphatic heterocycles. The summed E-state index contributed by atoms with van der Waals surface area (Å²) in [6, 6.07) is 10.7. The maximum Gasteiger partial charge on any atom is 0.223 e. The van der Waals surface area contributed by atoms with Crippen LogP contribution in [0.5, 0.6) is 0 Å². The van der Waals surface area contributed by atoms with Crippen molar-refractivity contribution >= 4 is 27.1 Å². The number of rotatable bonds is 7. The summed E-state index contributed by atoms with van der Waals surface area (Å²) < 4.78 is 26.3. The second-order valence-electron chi connectivity index (χ2n) is 6.79. The van der Waals surface area contributed by atoms with E-state index in [-0.39, 0.29) is 18.4 Å². The summed E-state index contributed by atoms with van der Waals surface area (Å²) in [6.07, 6.45) is 1.80. The number of benzene rings is 1. The highest BCUT2D eigenvalue weighted by molar-refractivity contribution is 7.91. The Labute approximate surface area is 153 Å². The molecule has 1 aromatic heterocycles. The van der Waals surface area contributed by atoms with Crippen molar-refractivity contribution in [2.24, 2.45) is 5.92 Å². The Hall–Kier alpha value is -1.66. The van der Waals surface area contributed by atoms with Gasteiger partial charge >= 0.3 is 0 Å². The van der Waals surface area contributed by atoms with Crippen LogP contribution in [0.4, 0.5) is 0 Å². The van der Waals surface area contributed by atoms with Gasteiger partial charge in [-0.3, -0.25) is 4.79 Å². The van der Waals surface area contributed by atoms with Gasteiger partial charge in [0.25, 0.3) is 0 Å². The zero-order valence-corrected chi connectivity index (χ0v) is 16.1. The summed E-state index contributed by atoms with van der Waals surface area (Å²) in [5.41, 5.74) is 1.11. The Bertz CT molecular complexity index is 820. The summed E-state index contributed by atoms with van der Waals surface area (Å²) >= 11 is 1.41. The van der Waals surface area contributed by atoms with Gasteiger partial charge in [0.05, 0.1) is 4.90 Å². The van der Waals surface area contributed by atoms with Crippen LogP contribution < -0.4 is 5.32 Å². The molecule has 134 valence electrons. The summed E-state index contributed by atoms with van der Waals surface area (Å²) in [7, 11) is -3.57. The molecule has 0 spiro atoms. The lowest BCUT2D eigenvalue weighted by atomic mass is 10.0. The standard InChI is InChI=1S/C19H23NO3S2/c1-13(2)14-7-9-16(10-8-14)25(22,23)18(17-4-3-11-24-17)12-20-19(21)15-5-6-15/h3-4,7-11,13,15,18H,5-6,12H2,1-2H3,(H,20,21)/t18-/m0/s1. The van der Waals surface area contributed by atoms with Gasteiger partial charge in [0, 0.05) is 17.3 Å². The minimum absolute atomic E-state index is 0.0353. The Balaban J connectivity index is 1.86. The Morgan fingerprint density at radius 2 is 1.88 bits per heavy atom. The average molecular weight is 378 g/mol. The number of hydrogen-bond donors (Lipinski definition) is 1. The summed E-state index contributed by atoms with van der Waals surface area (Å²) in [4.78, 5) is 13.0. The summed E-state index contributed by atoms with van der Waals surface area (Å²) in [6.45, 7) is 4.26. The van der Waals surface area contributed by atoms with E-state index < -0.39 is 15.1 Å². The van der Waals surface area contributed by atoms with Gasteiger partial charge in [0.2, 0.25) is 5.91 Å². The fourth-order valence-electron chi connectivity index (χ4n) is 2.73. The zero-order chi connectivity index (χ0) is 18.0. The van der Waals surface area contributed by atoms with Crippen molar-refractivity contribution in [2.75, 3.05) is 6.54 Å². The monoisotopic (exact) mass is 377 g/mol. The highest BCUT2D eigenvalue weighted by Gasteiger charge is 2.33. The van der Waals surface area contributed by atoms with Crippen LogP contribution in [-0.4, -0.2) is 20.9 Å². The van der Waals surface area contributed by atoms with Crippen molar-refractivity contribution in [2.45, 2.75) is 42.8 Å². The second-order valence-corrected chi connectivity index (χ2v) is 9.90. The molecule has 1 aliphatic carbocycles. The number of amides is 1. The molecule has 4 nitrogen and oxygen atoms in total. The predicted molar refractivity (Wildman–Crippen MR) is 101 cm³/mol. The van der Waals surface area contributed by atoms with Crippen LogP contribution in [0.1, 0.15) is 48.3 Å². The molecular formula is C19H23NO3S2. The van der Waals surface area contributed by atoms with E-state index in [0.29, 0.717) is 10.8 Å². The van der Waals surface area contributed by atoms with Gasteiger partial charge in [-0.25, -0.2) is 8.42 Å². The van der Waals surface area contributed by atoms with E-state index in [9.17, 15) is 13.2 Å². The van der Waals surface area contributed by atoms with Gasteiger partial charge in [-0.2, -0.15) is 0 Å². The lowest BCUT2D eigenvalue weighted by Crippen LogP contribution is -2.32. The fourth-order valence-corrected chi connectivity index (χ4v) is 5.51. The van der Waals surface area contributed by atoms with E-state index in [1.165, 1.54) is 11.3 Å². The van der Waals surface area contributed by atoms with Crippen LogP contribution in [0.15, 0.2) is 46.7 Å². The number of thiophene rings is 1. The molecule has 0 unspecified atom stereocenters. The Kier molecular flexibility index (Phi) is 5.29. The third-order valence-corrected chi connectivity index (χ3v) is 7.75. The van der Waals surface area contributed by atoms with E-state index in [1.807, 2.05) is 29.6 Å². The van der Waals surface area contributed by atoms with E-state index >= 15 is 0 Å². The highest BCUT2D eigenvalue weighted by Crippen LogP contribution is 2.33. The SMILES string of the molecule is CC(C)c1ccc(S(=O)(=O)[C@@H](CNC(=O)C2CC2)c2cccs2)cc1. The molecule has 1 aromatic carbocycles. The van der Waals surface area contributed by atoms with Crippen molar-refractivity contribution in [3.8, 4) is 0 Å². The van der Waals surface area contributed by atoms with E-state index in [1.54, 1.807) is 12.1 Å². The smallest absolute Gasteiger partial charge is 0.223 e. The Morgan fingerprint density at radius 3 is 2.40 bits per heavy atom. The van der Waals surface area contributed by atoms with Crippen LogP contribution >= 0.6 is 11.3 Å². The molecule has 6 heteroatoms. The molecular weight excluding hydrogens is 354 g/mol. The third kappa shape index (κ3) is 4.12. The minimum Gasteiger partial charge on any atom is -0.354 e. The lowest BCUT2D eigenvalue weighted by Gasteiger charge is -2.18. The first-order valence-electron chi connectivity index (χ1n) is 8.54. The molecule has 1 saturated carbocycles. The molecule has 1 amide bonds. The number of carbonyl (C=O) groups is 1. The van der Waals surface area contributed by atoms with Gasteiger partial charge < -0.3 is 5.32 Å². The maximum absolute atomic E-state index is 13.2. The predicted octanol–water partition coefficient (Wildman–Crippen LogP) is 3.91. The van der Waals surface area contributed by atoms with Crippen LogP contribution in [0.25, 0.3) is 0 Å². The van der Waals surface area contributed by atoms with Gasteiger partial charge in [-0.05, 0) is 47.9 Å². The van der Waals surface area contributed by atoms with Crippen LogP contribution in [0, 0.1) is 5.92 Å². The van der Waals surface area contributed by atoms with Gasteiger partial charge in [0.15, 0.2) is 9.84 Å². The lowest BCUT2D eigenvalue weighted by molar-refractivity contribution is -0.122. The third-order valence-electron chi connectivity index (χ3n) is 4.52. The molecule has 2 aromatic rings. The van der Waals surface area contributed by atoms with Gasteiger partial charge in [-0.15, -0.1) is 11.3 Å². The van der Waals surface area contributed by atoms with Crippen LogP contribution in [0.2, 0.25) is 0 Å². The Morgan fingerprint density at radius 1 is 1.20 bits per heavy atom. The van der Waals surface area contributed by atoms with E-state index in [4.69, 9.17) is 0 Å². The van der Waals surface area contributed by atoms with Gasteiger partial charge in [0.1, 0.15) is 5.25 Å². The van der Waals surface area contributed by atoms with Crippen LogP contribution in [0.3, 0.4) is 0 Å². The molecule has 0 radical (unpaired) electrons. The van der Waals surface area contributed by atoms with E-state index in [2.05, 4.69) is 19.2 Å². The van der Waals surface area contributed by atoms with Crippen molar-refractivity contribution in [1.29, 1.82) is 0 Å². The number of sulfone groups is 1. The molecule has 1 aliphatic rings.